The quantitative estimate of drug-likeness (QED) is 0.443. The van der Waals surface area contributed by atoms with Crippen LogP contribution in [0.3, 0.4) is 0 Å². The van der Waals surface area contributed by atoms with E-state index in [4.69, 9.17) is 8.85 Å². The second-order valence-electron chi connectivity index (χ2n) is 9.01. The van der Waals surface area contributed by atoms with Gasteiger partial charge in [0, 0.05) is 13.0 Å². The van der Waals surface area contributed by atoms with Crippen LogP contribution in [0.2, 0.25) is 24.7 Å². The van der Waals surface area contributed by atoms with Crippen molar-refractivity contribution < 1.29 is 8.85 Å². The van der Waals surface area contributed by atoms with Gasteiger partial charge in [0.15, 0.2) is 0 Å². The Morgan fingerprint density at radius 2 is 1.30 bits per heavy atom. The van der Waals surface area contributed by atoms with Crippen molar-refractivity contribution in [1.82, 2.24) is 0 Å². The van der Waals surface area contributed by atoms with Gasteiger partial charge in [0.05, 0.1) is 5.76 Å². The van der Waals surface area contributed by atoms with Gasteiger partial charge < -0.3 is 8.85 Å². The van der Waals surface area contributed by atoms with Crippen molar-refractivity contribution in [2.75, 3.05) is 6.61 Å². The molecule has 0 heterocycles. The van der Waals surface area contributed by atoms with Gasteiger partial charge in [0.2, 0.25) is 8.32 Å². The fourth-order valence-electron chi connectivity index (χ4n) is 3.56. The largest absolute Gasteiger partial charge is 0.548 e. The zero-order valence-corrected chi connectivity index (χ0v) is 19.7. The normalized spacial score (nSPS) is 12.7. The van der Waals surface area contributed by atoms with Crippen molar-refractivity contribution in [3.8, 4) is 0 Å². The second kappa shape index (κ2) is 8.59. The standard InChI is InChI=1S/C23H34O2Si2/c1-20(25-26(5,6)7)18-19-24-27(23(2,3)4,21-14-10-8-11-15-21)22-16-12-9-13-17-22/h8-17H,1,18-19H2,2-7H3. The van der Waals surface area contributed by atoms with Crippen molar-refractivity contribution >= 4 is 27.0 Å². The Labute approximate surface area is 167 Å². The van der Waals surface area contributed by atoms with E-state index >= 15 is 0 Å². The first kappa shape index (κ1) is 21.7. The number of hydrogen-bond acceptors (Lipinski definition) is 2. The average Bonchev–Trinajstić information content (AvgIpc) is 2.57. The maximum atomic E-state index is 6.86. The molecule has 2 nitrogen and oxygen atoms in total. The summed E-state index contributed by atoms with van der Waals surface area (Å²) in [7, 11) is -4.08. The summed E-state index contributed by atoms with van der Waals surface area (Å²) in [6.45, 7) is 18.2. The van der Waals surface area contributed by atoms with Crippen molar-refractivity contribution in [2.24, 2.45) is 0 Å². The molecule has 0 amide bonds. The van der Waals surface area contributed by atoms with Gasteiger partial charge in [0.1, 0.15) is 0 Å². The first-order chi connectivity index (χ1) is 12.6. The van der Waals surface area contributed by atoms with Crippen LogP contribution in [-0.4, -0.2) is 23.2 Å². The molecule has 0 radical (unpaired) electrons. The SMILES string of the molecule is C=C(CCO[Si](c1ccccc1)(c1ccccc1)C(C)(C)C)O[Si](C)(C)C. The molecule has 0 aliphatic carbocycles. The molecule has 0 aromatic heterocycles. The van der Waals surface area contributed by atoms with Crippen LogP contribution in [-0.2, 0) is 8.85 Å². The summed E-state index contributed by atoms with van der Waals surface area (Å²) in [4.78, 5) is 0. The minimum absolute atomic E-state index is 0.00330. The van der Waals surface area contributed by atoms with Crippen LogP contribution in [0.5, 0.6) is 0 Å². The van der Waals surface area contributed by atoms with E-state index in [1.165, 1.54) is 10.4 Å². The average molecular weight is 399 g/mol. The van der Waals surface area contributed by atoms with Crippen LogP contribution < -0.4 is 10.4 Å². The highest BCUT2D eigenvalue weighted by molar-refractivity contribution is 6.99. The summed E-state index contributed by atoms with van der Waals surface area (Å²) in [6.07, 6.45) is 0.731. The first-order valence-corrected chi connectivity index (χ1v) is 15.0. The zero-order chi connectivity index (χ0) is 20.1. The molecule has 2 rings (SSSR count). The Hall–Kier alpha value is -1.63. The predicted octanol–water partition coefficient (Wildman–Crippen LogP) is 5.32. The van der Waals surface area contributed by atoms with Crippen LogP contribution in [0.1, 0.15) is 27.2 Å². The molecule has 0 atom stereocenters. The van der Waals surface area contributed by atoms with Gasteiger partial charge in [-0.2, -0.15) is 0 Å². The molecule has 146 valence electrons. The summed E-state index contributed by atoms with van der Waals surface area (Å²) in [5.74, 6) is 0.840. The molecular weight excluding hydrogens is 364 g/mol. The van der Waals surface area contributed by atoms with E-state index in [-0.39, 0.29) is 5.04 Å². The smallest absolute Gasteiger partial charge is 0.261 e. The fourth-order valence-corrected chi connectivity index (χ4v) is 9.10. The Balaban J connectivity index is 2.37. The highest BCUT2D eigenvalue weighted by Crippen LogP contribution is 2.36. The minimum Gasteiger partial charge on any atom is -0.548 e. The Bertz CT molecular complexity index is 689. The summed E-state index contributed by atoms with van der Waals surface area (Å²) < 4.78 is 12.9. The molecule has 2 aromatic rings. The van der Waals surface area contributed by atoms with E-state index in [2.05, 4.69) is 108 Å². The number of hydrogen-bond donors (Lipinski definition) is 0. The monoisotopic (exact) mass is 398 g/mol. The molecule has 0 fully saturated rings. The van der Waals surface area contributed by atoms with Gasteiger partial charge in [-0.15, -0.1) is 0 Å². The van der Waals surface area contributed by atoms with E-state index in [0.717, 1.165) is 12.2 Å². The van der Waals surface area contributed by atoms with Crippen molar-refractivity contribution in [3.05, 3.63) is 73.0 Å². The summed E-state index contributed by atoms with van der Waals surface area (Å²) in [5, 5.41) is 2.61. The van der Waals surface area contributed by atoms with Gasteiger partial charge in [-0.25, -0.2) is 0 Å². The minimum atomic E-state index is -2.46. The molecule has 0 aliphatic heterocycles. The lowest BCUT2D eigenvalue weighted by Crippen LogP contribution is -2.66. The first-order valence-electron chi connectivity index (χ1n) is 9.68. The van der Waals surface area contributed by atoms with Gasteiger partial charge in [-0.3, -0.25) is 0 Å². The highest BCUT2D eigenvalue weighted by Gasteiger charge is 2.50. The molecule has 0 aliphatic rings. The van der Waals surface area contributed by atoms with Crippen LogP contribution in [0.25, 0.3) is 0 Å². The summed E-state index contributed by atoms with van der Waals surface area (Å²) in [5.41, 5.74) is 0. The van der Waals surface area contributed by atoms with Gasteiger partial charge in [-0.05, 0) is 35.1 Å². The van der Waals surface area contributed by atoms with Crippen molar-refractivity contribution in [2.45, 2.75) is 51.9 Å². The molecule has 4 heteroatoms. The fraction of sp³-hybridized carbons (Fsp3) is 0.391. The van der Waals surface area contributed by atoms with E-state index in [1.807, 2.05) is 0 Å². The van der Waals surface area contributed by atoms with Gasteiger partial charge in [0.25, 0.3) is 8.32 Å². The molecule has 0 spiro atoms. The Morgan fingerprint density at radius 3 is 1.67 bits per heavy atom. The Morgan fingerprint density at radius 1 is 0.852 bits per heavy atom. The topological polar surface area (TPSA) is 18.5 Å². The zero-order valence-electron chi connectivity index (χ0n) is 17.7. The predicted molar refractivity (Wildman–Crippen MR) is 122 cm³/mol. The van der Waals surface area contributed by atoms with Crippen LogP contribution >= 0.6 is 0 Å². The van der Waals surface area contributed by atoms with E-state index in [1.54, 1.807) is 0 Å². The van der Waals surface area contributed by atoms with Crippen LogP contribution in [0, 0.1) is 0 Å². The third-order valence-corrected chi connectivity index (χ3v) is 10.5. The summed E-state index contributed by atoms with van der Waals surface area (Å²) >= 11 is 0. The third kappa shape index (κ3) is 5.44. The molecule has 0 N–H and O–H groups in total. The van der Waals surface area contributed by atoms with E-state index in [9.17, 15) is 0 Å². The number of rotatable bonds is 8. The third-order valence-electron chi connectivity index (χ3n) is 4.57. The van der Waals surface area contributed by atoms with Gasteiger partial charge in [-0.1, -0.05) is 88.0 Å². The highest BCUT2D eigenvalue weighted by atomic mass is 28.4. The molecule has 2 aromatic carbocycles. The molecule has 27 heavy (non-hydrogen) atoms. The molecule has 0 saturated carbocycles. The van der Waals surface area contributed by atoms with Crippen LogP contribution in [0.15, 0.2) is 73.0 Å². The van der Waals surface area contributed by atoms with Crippen LogP contribution in [0.4, 0.5) is 0 Å². The lowest BCUT2D eigenvalue weighted by atomic mass is 10.2. The molecule has 0 bridgehead atoms. The summed E-state index contributed by atoms with van der Waals surface area (Å²) in [6, 6.07) is 21.5. The van der Waals surface area contributed by atoms with Crippen molar-refractivity contribution in [3.63, 3.8) is 0 Å². The maximum Gasteiger partial charge on any atom is 0.261 e. The van der Waals surface area contributed by atoms with E-state index < -0.39 is 16.6 Å². The van der Waals surface area contributed by atoms with Gasteiger partial charge >= 0.3 is 0 Å². The van der Waals surface area contributed by atoms with E-state index in [0.29, 0.717) is 6.61 Å². The lowest BCUT2D eigenvalue weighted by Gasteiger charge is -2.43. The Kier molecular flexibility index (Phi) is 6.89. The molecule has 0 saturated heterocycles. The maximum absolute atomic E-state index is 6.86. The molecule has 0 unspecified atom stereocenters. The van der Waals surface area contributed by atoms with Crippen molar-refractivity contribution in [1.29, 1.82) is 0 Å². The second-order valence-corrected chi connectivity index (χ2v) is 17.7. The molecular formula is C23H34O2Si2. The lowest BCUT2D eigenvalue weighted by molar-refractivity contribution is 0.277. The number of benzene rings is 2.